The number of hydrogen-bond acceptors (Lipinski definition) is 3. The maximum absolute atomic E-state index is 12.1. The monoisotopic (exact) mass is 320 g/mol. The molecule has 0 unspecified atom stereocenters. The Balaban J connectivity index is 1.66. The smallest absolute Gasteiger partial charge is 0.248 e. The Morgan fingerprint density at radius 2 is 1.88 bits per heavy atom. The molecule has 2 amide bonds. The molecule has 0 bridgehead atoms. The normalized spacial score (nSPS) is 10.3. The molecule has 0 radical (unpaired) electrons. The summed E-state index contributed by atoms with van der Waals surface area (Å²) >= 11 is 0. The molecule has 0 fully saturated rings. The number of nitrogens with one attached hydrogen (secondary N) is 1. The van der Waals surface area contributed by atoms with Crippen molar-refractivity contribution in [1.82, 2.24) is 9.78 Å². The SMILES string of the molecule is NC(=O)c1cccc(NC(=O)Cc2cnn(-c3ccccc3)c2)c1. The Kier molecular flexibility index (Phi) is 4.38. The number of primary amides is 1. The van der Waals surface area contributed by atoms with E-state index in [0.717, 1.165) is 11.3 Å². The van der Waals surface area contributed by atoms with Crippen LogP contribution in [0.2, 0.25) is 0 Å². The molecule has 0 aliphatic heterocycles. The third kappa shape index (κ3) is 3.67. The average molecular weight is 320 g/mol. The van der Waals surface area contributed by atoms with Crippen molar-refractivity contribution >= 4 is 17.5 Å². The van der Waals surface area contributed by atoms with Crippen molar-refractivity contribution in [3.05, 3.63) is 78.1 Å². The van der Waals surface area contributed by atoms with Crippen molar-refractivity contribution in [2.75, 3.05) is 5.32 Å². The Labute approximate surface area is 138 Å². The minimum atomic E-state index is -0.532. The zero-order valence-corrected chi connectivity index (χ0v) is 12.8. The van der Waals surface area contributed by atoms with Crippen LogP contribution in [0.3, 0.4) is 0 Å². The van der Waals surface area contributed by atoms with Crippen molar-refractivity contribution in [1.29, 1.82) is 0 Å². The highest BCUT2D eigenvalue weighted by Crippen LogP contribution is 2.12. The zero-order valence-electron chi connectivity index (χ0n) is 12.8. The van der Waals surface area contributed by atoms with Crippen LogP contribution in [0.25, 0.3) is 5.69 Å². The Morgan fingerprint density at radius 1 is 1.08 bits per heavy atom. The van der Waals surface area contributed by atoms with Crippen LogP contribution in [-0.4, -0.2) is 21.6 Å². The van der Waals surface area contributed by atoms with E-state index in [-0.39, 0.29) is 12.3 Å². The molecule has 24 heavy (non-hydrogen) atoms. The van der Waals surface area contributed by atoms with Crippen molar-refractivity contribution in [2.45, 2.75) is 6.42 Å². The second-order valence-corrected chi connectivity index (χ2v) is 5.30. The van der Waals surface area contributed by atoms with E-state index in [0.29, 0.717) is 11.3 Å². The van der Waals surface area contributed by atoms with E-state index in [4.69, 9.17) is 5.73 Å². The summed E-state index contributed by atoms with van der Waals surface area (Å²) in [4.78, 5) is 23.3. The van der Waals surface area contributed by atoms with Crippen LogP contribution in [0.4, 0.5) is 5.69 Å². The molecular formula is C18H16N4O2. The molecule has 0 atom stereocenters. The van der Waals surface area contributed by atoms with Gasteiger partial charge in [0.2, 0.25) is 11.8 Å². The van der Waals surface area contributed by atoms with Crippen molar-refractivity contribution in [3.63, 3.8) is 0 Å². The summed E-state index contributed by atoms with van der Waals surface area (Å²) in [6.45, 7) is 0. The summed E-state index contributed by atoms with van der Waals surface area (Å²) < 4.78 is 1.72. The summed E-state index contributed by atoms with van der Waals surface area (Å²) in [7, 11) is 0. The van der Waals surface area contributed by atoms with Gasteiger partial charge in [-0.15, -0.1) is 0 Å². The topological polar surface area (TPSA) is 90.0 Å². The lowest BCUT2D eigenvalue weighted by molar-refractivity contribution is -0.115. The van der Waals surface area contributed by atoms with Crippen LogP contribution < -0.4 is 11.1 Å². The fraction of sp³-hybridized carbons (Fsp3) is 0.0556. The molecule has 0 aliphatic carbocycles. The number of nitrogens with two attached hydrogens (primary N) is 1. The number of para-hydroxylation sites is 1. The molecule has 0 spiro atoms. The van der Waals surface area contributed by atoms with Crippen LogP contribution in [0.15, 0.2) is 67.0 Å². The van der Waals surface area contributed by atoms with Gasteiger partial charge < -0.3 is 11.1 Å². The molecule has 3 rings (SSSR count). The predicted octanol–water partition coefficient (Wildman–Crippen LogP) is 2.15. The standard InChI is InChI=1S/C18H16N4O2/c19-18(24)14-5-4-6-15(10-14)21-17(23)9-13-11-20-22(12-13)16-7-2-1-3-8-16/h1-8,10-12H,9H2,(H2,19,24)(H,21,23). The minimum absolute atomic E-state index is 0.188. The van der Waals surface area contributed by atoms with Gasteiger partial charge in [-0.25, -0.2) is 4.68 Å². The molecule has 3 N–H and O–H groups in total. The number of carbonyl (C=O) groups is 2. The van der Waals surface area contributed by atoms with Gasteiger partial charge in [-0.05, 0) is 35.9 Å². The number of aromatic nitrogens is 2. The minimum Gasteiger partial charge on any atom is -0.366 e. The summed E-state index contributed by atoms with van der Waals surface area (Å²) in [5.74, 6) is -0.723. The number of nitrogens with zero attached hydrogens (tertiary/aromatic N) is 2. The average Bonchev–Trinajstić information content (AvgIpc) is 3.04. The lowest BCUT2D eigenvalue weighted by Gasteiger charge is -2.05. The van der Waals surface area contributed by atoms with Crippen LogP contribution in [0, 0.1) is 0 Å². The molecular weight excluding hydrogens is 304 g/mol. The molecule has 3 aromatic rings. The fourth-order valence-electron chi connectivity index (χ4n) is 2.31. The first-order valence-corrected chi connectivity index (χ1v) is 7.40. The van der Waals surface area contributed by atoms with Gasteiger partial charge in [0.05, 0.1) is 18.3 Å². The van der Waals surface area contributed by atoms with Gasteiger partial charge in [0.15, 0.2) is 0 Å². The number of hydrogen-bond donors (Lipinski definition) is 2. The van der Waals surface area contributed by atoms with E-state index in [9.17, 15) is 9.59 Å². The van der Waals surface area contributed by atoms with Gasteiger partial charge in [0.1, 0.15) is 0 Å². The first kappa shape index (κ1) is 15.5. The molecule has 0 aliphatic rings. The Hall–Kier alpha value is -3.41. The summed E-state index contributed by atoms with van der Waals surface area (Å²) in [6, 6.07) is 16.2. The molecule has 1 aromatic heterocycles. The highest BCUT2D eigenvalue weighted by Gasteiger charge is 2.08. The molecule has 0 saturated carbocycles. The van der Waals surface area contributed by atoms with Gasteiger partial charge in [0.25, 0.3) is 0 Å². The summed E-state index contributed by atoms with van der Waals surface area (Å²) in [5.41, 5.74) is 7.84. The number of amides is 2. The molecule has 0 saturated heterocycles. The second kappa shape index (κ2) is 6.78. The van der Waals surface area contributed by atoms with Gasteiger partial charge in [-0.2, -0.15) is 5.10 Å². The van der Waals surface area contributed by atoms with Gasteiger partial charge in [0, 0.05) is 17.4 Å². The fourth-order valence-corrected chi connectivity index (χ4v) is 2.31. The lowest BCUT2D eigenvalue weighted by Crippen LogP contribution is -2.15. The zero-order chi connectivity index (χ0) is 16.9. The highest BCUT2D eigenvalue weighted by atomic mass is 16.2. The third-order valence-corrected chi connectivity index (χ3v) is 3.45. The quantitative estimate of drug-likeness (QED) is 0.755. The third-order valence-electron chi connectivity index (χ3n) is 3.45. The second-order valence-electron chi connectivity index (χ2n) is 5.30. The van der Waals surface area contributed by atoms with Crippen LogP contribution in [0.5, 0.6) is 0 Å². The van der Waals surface area contributed by atoms with Gasteiger partial charge >= 0.3 is 0 Å². The number of anilines is 1. The Morgan fingerprint density at radius 3 is 2.62 bits per heavy atom. The van der Waals surface area contributed by atoms with Crippen LogP contribution in [-0.2, 0) is 11.2 Å². The summed E-state index contributed by atoms with van der Waals surface area (Å²) in [6.07, 6.45) is 3.66. The first-order chi connectivity index (χ1) is 11.6. The van der Waals surface area contributed by atoms with E-state index in [1.165, 1.54) is 0 Å². The number of rotatable bonds is 5. The summed E-state index contributed by atoms with van der Waals surface area (Å²) in [5, 5.41) is 7.01. The van der Waals surface area contributed by atoms with Crippen molar-refractivity contribution < 1.29 is 9.59 Å². The van der Waals surface area contributed by atoms with Crippen molar-refractivity contribution in [3.8, 4) is 5.69 Å². The van der Waals surface area contributed by atoms with Crippen LogP contribution >= 0.6 is 0 Å². The maximum atomic E-state index is 12.1. The van der Waals surface area contributed by atoms with Gasteiger partial charge in [-0.1, -0.05) is 24.3 Å². The largest absolute Gasteiger partial charge is 0.366 e. The van der Waals surface area contributed by atoms with Gasteiger partial charge in [-0.3, -0.25) is 9.59 Å². The van der Waals surface area contributed by atoms with E-state index in [1.807, 2.05) is 36.5 Å². The number of benzene rings is 2. The molecule has 1 heterocycles. The molecule has 120 valence electrons. The predicted molar refractivity (Wildman–Crippen MR) is 90.9 cm³/mol. The van der Waals surface area contributed by atoms with Crippen LogP contribution in [0.1, 0.15) is 15.9 Å². The van der Waals surface area contributed by atoms with E-state index in [1.54, 1.807) is 35.1 Å². The molecule has 6 nitrogen and oxygen atoms in total. The number of carbonyl (C=O) groups excluding carboxylic acids is 2. The lowest BCUT2D eigenvalue weighted by atomic mass is 10.2. The highest BCUT2D eigenvalue weighted by molar-refractivity contribution is 5.96. The molecule has 2 aromatic carbocycles. The van der Waals surface area contributed by atoms with Crippen molar-refractivity contribution in [2.24, 2.45) is 5.73 Å². The first-order valence-electron chi connectivity index (χ1n) is 7.40. The van der Waals surface area contributed by atoms with E-state index >= 15 is 0 Å². The van der Waals surface area contributed by atoms with E-state index < -0.39 is 5.91 Å². The van der Waals surface area contributed by atoms with E-state index in [2.05, 4.69) is 10.4 Å². The maximum Gasteiger partial charge on any atom is 0.248 e. The Bertz CT molecular complexity index is 871. The molecule has 6 heteroatoms.